The zero-order valence-corrected chi connectivity index (χ0v) is 15.9. The molecule has 5 nitrogen and oxygen atoms in total. The van der Waals surface area contributed by atoms with E-state index in [1.54, 1.807) is 24.5 Å². The van der Waals surface area contributed by atoms with Gasteiger partial charge in [-0.05, 0) is 37.1 Å². The van der Waals surface area contributed by atoms with Crippen LogP contribution in [0.2, 0.25) is 0 Å². The molecule has 6 heteroatoms. The second-order valence-corrected chi connectivity index (χ2v) is 7.74. The molecule has 3 atom stereocenters. The third kappa shape index (κ3) is 2.84. The molecule has 0 amide bonds. The van der Waals surface area contributed by atoms with E-state index in [-0.39, 0.29) is 23.8 Å². The van der Waals surface area contributed by atoms with E-state index < -0.39 is 0 Å². The zero-order chi connectivity index (χ0) is 18.3. The molecular formula is C20H23N3O2S. The monoisotopic (exact) mass is 369 g/mol. The molecule has 1 saturated heterocycles. The van der Waals surface area contributed by atoms with Crippen molar-refractivity contribution in [2.75, 3.05) is 7.11 Å². The number of methoxy groups -OCH3 is 1. The number of hydrazine groups is 1. The first-order valence-corrected chi connectivity index (χ1v) is 9.70. The second-order valence-electron chi connectivity index (χ2n) is 6.68. The first-order chi connectivity index (χ1) is 12.6. The topological polar surface area (TPSA) is 66.4 Å². The molecule has 0 aliphatic carbocycles. The van der Waals surface area contributed by atoms with Gasteiger partial charge in [0.25, 0.3) is 0 Å². The number of hydrogen-bond acceptors (Lipinski definition) is 6. The molecule has 4 rings (SSSR count). The third-order valence-corrected chi connectivity index (χ3v) is 6.24. The van der Waals surface area contributed by atoms with Crippen molar-refractivity contribution in [2.45, 2.75) is 38.3 Å². The Kier molecular flexibility index (Phi) is 4.56. The number of phenols is 1. The van der Waals surface area contributed by atoms with E-state index in [0.717, 1.165) is 33.8 Å². The predicted molar refractivity (Wildman–Crippen MR) is 105 cm³/mol. The lowest BCUT2D eigenvalue weighted by molar-refractivity contribution is 0.398. The Morgan fingerprint density at radius 3 is 2.77 bits per heavy atom. The van der Waals surface area contributed by atoms with Gasteiger partial charge in [0.1, 0.15) is 16.5 Å². The van der Waals surface area contributed by atoms with Crippen LogP contribution in [-0.4, -0.2) is 23.2 Å². The van der Waals surface area contributed by atoms with Crippen LogP contribution < -0.4 is 15.6 Å². The van der Waals surface area contributed by atoms with Gasteiger partial charge in [-0.15, -0.1) is 11.3 Å². The molecule has 3 N–H and O–H groups in total. The normalized spacial score (nSPS) is 22.8. The molecule has 2 heterocycles. The molecule has 1 aliphatic rings. The molecular weight excluding hydrogens is 346 g/mol. The highest BCUT2D eigenvalue weighted by atomic mass is 32.1. The Morgan fingerprint density at radius 2 is 2.04 bits per heavy atom. The number of nitrogens with zero attached hydrogens (tertiary/aromatic N) is 1. The number of nitrogens with one attached hydrogen (secondary N) is 2. The van der Waals surface area contributed by atoms with Gasteiger partial charge >= 0.3 is 0 Å². The highest BCUT2D eigenvalue weighted by Gasteiger charge is 2.39. The van der Waals surface area contributed by atoms with Gasteiger partial charge in [0.15, 0.2) is 0 Å². The smallest absolute Gasteiger partial charge is 0.125 e. The third-order valence-electron chi connectivity index (χ3n) is 5.11. The van der Waals surface area contributed by atoms with Gasteiger partial charge in [-0.2, -0.15) is 0 Å². The molecule has 1 aromatic heterocycles. The summed E-state index contributed by atoms with van der Waals surface area (Å²) >= 11 is 1.72. The molecule has 3 aromatic rings. The van der Waals surface area contributed by atoms with Crippen LogP contribution >= 0.6 is 11.3 Å². The van der Waals surface area contributed by atoms with Crippen LogP contribution in [0.1, 0.15) is 41.9 Å². The Hall–Kier alpha value is -2.15. The summed E-state index contributed by atoms with van der Waals surface area (Å²) < 4.78 is 6.59. The number of phenolic OH excluding ortho intramolecular Hbond substituents is 1. The highest BCUT2D eigenvalue weighted by molar-refractivity contribution is 7.18. The fourth-order valence-corrected chi connectivity index (χ4v) is 4.91. The summed E-state index contributed by atoms with van der Waals surface area (Å²) in [6, 6.07) is 12.1. The molecule has 0 bridgehead atoms. The van der Waals surface area contributed by atoms with Crippen molar-refractivity contribution in [1.82, 2.24) is 15.8 Å². The van der Waals surface area contributed by atoms with Gasteiger partial charge in [-0.25, -0.2) is 10.4 Å². The first-order valence-electron chi connectivity index (χ1n) is 8.88. The van der Waals surface area contributed by atoms with Crippen molar-refractivity contribution in [2.24, 2.45) is 0 Å². The highest BCUT2D eigenvalue weighted by Crippen LogP contribution is 2.44. The predicted octanol–water partition coefficient (Wildman–Crippen LogP) is 3.89. The summed E-state index contributed by atoms with van der Waals surface area (Å²) in [5.41, 5.74) is 9.68. The lowest BCUT2D eigenvalue weighted by Crippen LogP contribution is -2.29. The lowest BCUT2D eigenvalue weighted by Gasteiger charge is -2.21. The van der Waals surface area contributed by atoms with Crippen LogP contribution in [0.25, 0.3) is 10.2 Å². The molecule has 26 heavy (non-hydrogen) atoms. The van der Waals surface area contributed by atoms with Crippen LogP contribution in [0.4, 0.5) is 0 Å². The second kappa shape index (κ2) is 6.87. The average Bonchev–Trinajstić information content (AvgIpc) is 3.24. The van der Waals surface area contributed by atoms with Crippen LogP contribution in [0.15, 0.2) is 36.4 Å². The lowest BCUT2D eigenvalue weighted by atomic mass is 9.89. The van der Waals surface area contributed by atoms with E-state index in [9.17, 15) is 5.11 Å². The number of aromatic hydroxyl groups is 1. The standard InChI is InChI=1S/C20H23N3O2S/c1-4-12-9-13(15(24)10-16(12)25-3)19-18(11(2)22-23-19)20-21-14-7-5-6-8-17(14)26-20/h5-11,18-19,22-24H,4H2,1-3H3. The van der Waals surface area contributed by atoms with E-state index in [2.05, 4.69) is 30.8 Å². The quantitative estimate of drug-likeness (QED) is 0.651. The summed E-state index contributed by atoms with van der Waals surface area (Å²) in [5.74, 6) is 1.11. The zero-order valence-electron chi connectivity index (χ0n) is 15.1. The number of fused-ring (bicyclic) bond motifs is 1. The van der Waals surface area contributed by atoms with E-state index in [4.69, 9.17) is 9.72 Å². The Bertz CT molecular complexity index is 907. The van der Waals surface area contributed by atoms with Crippen LogP contribution in [-0.2, 0) is 6.42 Å². The summed E-state index contributed by atoms with van der Waals surface area (Å²) in [5, 5.41) is 11.7. The molecule has 1 fully saturated rings. The Morgan fingerprint density at radius 1 is 1.23 bits per heavy atom. The average molecular weight is 369 g/mol. The maximum absolute atomic E-state index is 10.6. The minimum atomic E-state index is -0.0539. The number of para-hydroxylation sites is 1. The Balaban J connectivity index is 1.78. The number of ether oxygens (including phenoxy) is 1. The number of hydrogen-bond donors (Lipinski definition) is 3. The Labute approximate surface area is 157 Å². The van der Waals surface area contributed by atoms with Crippen LogP contribution in [0, 0.1) is 0 Å². The van der Waals surface area contributed by atoms with Gasteiger partial charge in [0.05, 0.1) is 23.4 Å². The van der Waals surface area contributed by atoms with Gasteiger partial charge < -0.3 is 9.84 Å². The molecule has 2 aromatic carbocycles. The van der Waals surface area contributed by atoms with Crippen molar-refractivity contribution in [3.05, 3.63) is 52.5 Å². The van der Waals surface area contributed by atoms with Crippen molar-refractivity contribution < 1.29 is 9.84 Å². The maximum atomic E-state index is 10.6. The van der Waals surface area contributed by atoms with Crippen molar-refractivity contribution >= 4 is 21.6 Å². The number of aromatic nitrogens is 1. The van der Waals surface area contributed by atoms with Crippen molar-refractivity contribution in [3.63, 3.8) is 0 Å². The molecule has 0 radical (unpaired) electrons. The molecule has 0 spiro atoms. The van der Waals surface area contributed by atoms with E-state index in [1.165, 1.54) is 4.70 Å². The molecule has 136 valence electrons. The van der Waals surface area contributed by atoms with E-state index in [1.807, 2.05) is 24.3 Å². The number of aryl methyl sites for hydroxylation is 1. The van der Waals surface area contributed by atoms with E-state index >= 15 is 0 Å². The van der Waals surface area contributed by atoms with E-state index in [0.29, 0.717) is 0 Å². The largest absolute Gasteiger partial charge is 0.507 e. The molecule has 0 saturated carbocycles. The minimum Gasteiger partial charge on any atom is -0.507 e. The maximum Gasteiger partial charge on any atom is 0.125 e. The minimum absolute atomic E-state index is 0.0539. The van der Waals surface area contributed by atoms with Crippen molar-refractivity contribution in [1.29, 1.82) is 0 Å². The summed E-state index contributed by atoms with van der Waals surface area (Å²) in [4.78, 5) is 4.86. The van der Waals surface area contributed by atoms with Crippen LogP contribution in [0.3, 0.4) is 0 Å². The van der Waals surface area contributed by atoms with Gasteiger partial charge in [-0.1, -0.05) is 19.1 Å². The summed E-state index contributed by atoms with van der Waals surface area (Å²) in [7, 11) is 1.63. The van der Waals surface area contributed by atoms with Gasteiger partial charge in [-0.3, -0.25) is 5.43 Å². The SMILES string of the molecule is CCc1cc(C2NNC(C)C2c2nc3ccccc3s2)c(O)cc1OC. The van der Waals surface area contributed by atoms with Gasteiger partial charge in [0, 0.05) is 23.6 Å². The summed E-state index contributed by atoms with van der Waals surface area (Å²) in [6.07, 6.45) is 0.845. The van der Waals surface area contributed by atoms with Gasteiger partial charge in [0.2, 0.25) is 0 Å². The van der Waals surface area contributed by atoms with Crippen molar-refractivity contribution in [3.8, 4) is 11.5 Å². The number of benzene rings is 2. The molecule has 1 aliphatic heterocycles. The number of thiazole rings is 1. The number of rotatable bonds is 4. The van der Waals surface area contributed by atoms with Crippen LogP contribution in [0.5, 0.6) is 11.5 Å². The first kappa shape index (κ1) is 17.3. The summed E-state index contributed by atoms with van der Waals surface area (Å²) in [6.45, 7) is 4.23. The fraction of sp³-hybridized carbons (Fsp3) is 0.350. The molecule has 3 unspecified atom stereocenters. The fourth-order valence-electron chi connectivity index (χ4n) is 3.70.